The largest absolute Gasteiger partial charge is 0.493 e. The Morgan fingerprint density at radius 1 is 1.26 bits per heavy atom. The van der Waals surface area contributed by atoms with E-state index in [1.54, 1.807) is 17.6 Å². The van der Waals surface area contributed by atoms with Crippen LogP contribution in [0.4, 0.5) is 0 Å². The van der Waals surface area contributed by atoms with Gasteiger partial charge in [-0.15, -0.1) is 0 Å². The zero-order valence-corrected chi connectivity index (χ0v) is 13.3. The Kier molecular flexibility index (Phi) is 6.40. The number of benzene rings is 1. The minimum absolute atomic E-state index is 0.0434. The molecular weight excluding hydrogens is 298 g/mol. The summed E-state index contributed by atoms with van der Waals surface area (Å²) in [7, 11) is 0. The quantitative estimate of drug-likeness (QED) is 0.478. The van der Waals surface area contributed by atoms with Crippen LogP contribution in [0.1, 0.15) is 66.2 Å². The number of hydrogen-bond acceptors (Lipinski definition) is 5. The third kappa shape index (κ3) is 4.45. The smallest absolute Gasteiger partial charge is 0.343 e. The van der Waals surface area contributed by atoms with Gasteiger partial charge in [0.2, 0.25) is 0 Å². The van der Waals surface area contributed by atoms with Gasteiger partial charge in [-0.3, -0.25) is 10.0 Å². The SMILES string of the molecule is CCCOc1cccc(C(=O)NO)c1C(=O)OC1CCCCC1. The molecule has 0 atom stereocenters. The lowest BCUT2D eigenvalue weighted by molar-refractivity contribution is 0.0203. The van der Waals surface area contributed by atoms with Crippen molar-refractivity contribution in [1.82, 2.24) is 5.48 Å². The second-order valence-electron chi connectivity index (χ2n) is 5.63. The number of carbonyl (C=O) groups is 2. The van der Waals surface area contributed by atoms with Gasteiger partial charge in [0, 0.05) is 0 Å². The number of rotatable bonds is 6. The van der Waals surface area contributed by atoms with Crippen LogP contribution in [-0.4, -0.2) is 29.8 Å². The van der Waals surface area contributed by atoms with E-state index in [1.165, 1.54) is 6.07 Å². The lowest BCUT2D eigenvalue weighted by Gasteiger charge is -2.23. The normalized spacial score (nSPS) is 15.0. The molecule has 2 N–H and O–H groups in total. The number of amides is 1. The third-order valence-corrected chi connectivity index (χ3v) is 3.86. The minimum Gasteiger partial charge on any atom is -0.493 e. The van der Waals surface area contributed by atoms with Crippen LogP contribution in [0.25, 0.3) is 0 Å². The first-order chi connectivity index (χ1) is 11.2. The maximum absolute atomic E-state index is 12.6. The van der Waals surface area contributed by atoms with Gasteiger partial charge in [-0.05, 0) is 44.2 Å². The van der Waals surface area contributed by atoms with E-state index in [2.05, 4.69) is 0 Å². The van der Waals surface area contributed by atoms with Gasteiger partial charge in [0.25, 0.3) is 5.91 Å². The van der Waals surface area contributed by atoms with Gasteiger partial charge in [0.15, 0.2) is 0 Å². The fourth-order valence-corrected chi connectivity index (χ4v) is 2.72. The zero-order valence-electron chi connectivity index (χ0n) is 13.3. The molecular formula is C17H23NO5. The van der Waals surface area contributed by atoms with Crippen molar-refractivity contribution in [3.05, 3.63) is 29.3 Å². The zero-order chi connectivity index (χ0) is 16.7. The molecule has 0 bridgehead atoms. The van der Waals surface area contributed by atoms with E-state index in [0.29, 0.717) is 12.4 Å². The molecule has 0 unspecified atom stereocenters. The molecule has 1 saturated carbocycles. The fourth-order valence-electron chi connectivity index (χ4n) is 2.72. The van der Waals surface area contributed by atoms with Crippen LogP contribution in [0, 0.1) is 0 Å². The van der Waals surface area contributed by atoms with Crippen molar-refractivity contribution in [1.29, 1.82) is 0 Å². The lowest BCUT2D eigenvalue weighted by Crippen LogP contribution is -2.26. The van der Waals surface area contributed by atoms with Crippen LogP contribution in [0.2, 0.25) is 0 Å². The van der Waals surface area contributed by atoms with E-state index in [0.717, 1.165) is 38.5 Å². The van der Waals surface area contributed by atoms with E-state index in [-0.39, 0.29) is 17.2 Å². The maximum Gasteiger partial charge on any atom is 0.343 e. The average molecular weight is 321 g/mol. The molecule has 1 aliphatic rings. The summed E-state index contributed by atoms with van der Waals surface area (Å²) in [6.07, 6.45) is 5.55. The highest BCUT2D eigenvalue weighted by atomic mass is 16.5. The Hall–Kier alpha value is -2.08. The second kappa shape index (κ2) is 8.53. The lowest BCUT2D eigenvalue weighted by atomic mass is 9.97. The minimum atomic E-state index is -0.762. The van der Waals surface area contributed by atoms with E-state index in [9.17, 15) is 9.59 Å². The van der Waals surface area contributed by atoms with Crippen molar-refractivity contribution in [2.75, 3.05) is 6.61 Å². The van der Waals surface area contributed by atoms with E-state index >= 15 is 0 Å². The van der Waals surface area contributed by atoms with Gasteiger partial charge in [-0.2, -0.15) is 0 Å². The molecule has 0 radical (unpaired) electrons. The Labute approximate surface area is 135 Å². The van der Waals surface area contributed by atoms with E-state index in [1.807, 2.05) is 6.92 Å². The number of hydrogen-bond donors (Lipinski definition) is 2. The van der Waals surface area contributed by atoms with E-state index < -0.39 is 11.9 Å². The van der Waals surface area contributed by atoms with Gasteiger partial charge in [-0.1, -0.05) is 19.4 Å². The summed E-state index contributed by atoms with van der Waals surface area (Å²) in [5, 5.41) is 8.89. The molecule has 1 aromatic carbocycles. The number of hydroxylamine groups is 1. The Balaban J connectivity index is 2.27. The van der Waals surface area contributed by atoms with Crippen molar-refractivity contribution in [2.24, 2.45) is 0 Å². The van der Waals surface area contributed by atoms with Crippen LogP contribution in [0.3, 0.4) is 0 Å². The van der Waals surface area contributed by atoms with Gasteiger partial charge in [0.05, 0.1) is 12.2 Å². The second-order valence-corrected chi connectivity index (χ2v) is 5.63. The first-order valence-corrected chi connectivity index (χ1v) is 8.08. The summed E-state index contributed by atoms with van der Waals surface area (Å²) in [5.74, 6) is -1.04. The third-order valence-electron chi connectivity index (χ3n) is 3.86. The van der Waals surface area contributed by atoms with Crippen molar-refractivity contribution < 1.29 is 24.3 Å². The van der Waals surface area contributed by atoms with Crippen LogP contribution < -0.4 is 10.2 Å². The Morgan fingerprint density at radius 2 is 2.00 bits per heavy atom. The van der Waals surface area contributed by atoms with Gasteiger partial charge in [-0.25, -0.2) is 10.3 Å². The van der Waals surface area contributed by atoms with Gasteiger partial charge < -0.3 is 9.47 Å². The highest BCUT2D eigenvalue weighted by molar-refractivity contribution is 6.06. The number of esters is 1. The monoisotopic (exact) mass is 321 g/mol. The summed E-state index contributed by atoms with van der Waals surface area (Å²) in [5.41, 5.74) is 1.67. The molecule has 0 spiro atoms. The first kappa shape index (κ1) is 17.3. The van der Waals surface area contributed by atoms with Gasteiger partial charge in [0.1, 0.15) is 17.4 Å². The molecule has 126 valence electrons. The molecule has 0 aliphatic heterocycles. The maximum atomic E-state index is 12.6. The van der Waals surface area contributed by atoms with Crippen molar-refractivity contribution >= 4 is 11.9 Å². The molecule has 0 saturated heterocycles. The Bertz CT molecular complexity index is 552. The molecule has 23 heavy (non-hydrogen) atoms. The summed E-state index contributed by atoms with van der Waals surface area (Å²) in [6, 6.07) is 4.69. The topological polar surface area (TPSA) is 84.9 Å². The number of nitrogens with one attached hydrogen (secondary N) is 1. The number of ether oxygens (including phenoxy) is 2. The molecule has 0 aromatic heterocycles. The molecule has 1 aliphatic carbocycles. The fraction of sp³-hybridized carbons (Fsp3) is 0.529. The average Bonchev–Trinajstić information content (AvgIpc) is 2.59. The molecule has 6 nitrogen and oxygen atoms in total. The molecule has 6 heteroatoms. The van der Waals surface area contributed by atoms with Crippen LogP contribution in [0.5, 0.6) is 5.75 Å². The highest BCUT2D eigenvalue weighted by Crippen LogP contribution is 2.27. The molecule has 2 rings (SSSR count). The number of carbonyl (C=O) groups excluding carboxylic acids is 2. The molecule has 0 heterocycles. The summed E-state index contributed by atoms with van der Waals surface area (Å²) in [4.78, 5) is 24.4. The van der Waals surface area contributed by atoms with Crippen molar-refractivity contribution in [3.63, 3.8) is 0 Å². The predicted molar refractivity (Wildman–Crippen MR) is 83.8 cm³/mol. The standard InChI is InChI=1S/C17H23NO5/c1-2-11-22-14-10-6-9-13(16(19)18-21)15(14)17(20)23-12-7-4-3-5-8-12/h6,9-10,12,21H,2-5,7-8,11H2,1H3,(H,18,19). The van der Waals surface area contributed by atoms with Crippen molar-refractivity contribution in [2.45, 2.75) is 51.6 Å². The summed E-state index contributed by atoms with van der Waals surface area (Å²) < 4.78 is 11.1. The van der Waals surface area contributed by atoms with Crippen LogP contribution in [0.15, 0.2) is 18.2 Å². The molecule has 1 fully saturated rings. The van der Waals surface area contributed by atoms with Gasteiger partial charge >= 0.3 is 5.97 Å². The summed E-state index contributed by atoms with van der Waals surface area (Å²) >= 11 is 0. The highest BCUT2D eigenvalue weighted by Gasteiger charge is 2.26. The summed E-state index contributed by atoms with van der Waals surface area (Å²) in [6.45, 7) is 2.37. The van der Waals surface area contributed by atoms with Crippen LogP contribution >= 0.6 is 0 Å². The molecule has 1 amide bonds. The predicted octanol–water partition coefficient (Wildman–Crippen LogP) is 3.08. The van der Waals surface area contributed by atoms with E-state index in [4.69, 9.17) is 14.7 Å². The van der Waals surface area contributed by atoms with Crippen molar-refractivity contribution in [3.8, 4) is 5.75 Å². The Morgan fingerprint density at radius 3 is 2.65 bits per heavy atom. The first-order valence-electron chi connectivity index (χ1n) is 8.08. The molecule has 1 aromatic rings. The van der Waals surface area contributed by atoms with Crippen LogP contribution in [-0.2, 0) is 4.74 Å².